The lowest BCUT2D eigenvalue weighted by Crippen LogP contribution is -3.12. The predicted molar refractivity (Wildman–Crippen MR) is 59.0 cm³/mol. The molecule has 1 saturated heterocycles. The van der Waals surface area contributed by atoms with Crippen molar-refractivity contribution in [1.29, 1.82) is 0 Å². The van der Waals surface area contributed by atoms with Crippen molar-refractivity contribution in [2.24, 2.45) is 0 Å². The van der Waals surface area contributed by atoms with Gasteiger partial charge in [0.1, 0.15) is 26.2 Å². The van der Waals surface area contributed by atoms with Gasteiger partial charge in [-0.2, -0.15) is 0 Å². The van der Waals surface area contributed by atoms with Gasteiger partial charge in [0.25, 0.3) is 0 Å². The largest absolute Gasteiger partial charge is 0.328 e. The maximum atomic E-state index is 2.32. The molecule has 13 heavy (non-hydrogen) atoms. The summed E-state index contributed by atoms with van der Waals surface area (Å²) in [5.41, 5.74) is 0. The molecule has 2 nitrogen and oxygen atoms in total. The van der Waals surface area contributed by atoms with Gasteiger partial charge in [-0.15, -0.1) is 0 Å². The van der Waals surface area contributed by atoms with Crippen molar-refractivity contribution in [1.82, 2.24) is 0 Å². The van der Waals surface area contributed by atoms with E-state index in [1.165, 1.54) is 43.8 Å². The van der Waals surface area contributed by atoms with E-state index in [4.69, 9.17) is 0 Å². The normalized spacial score (nSPS) is 21.9. The summed E-state index contributed by atoms with van der Waals surface area (Å²) in [4.78, 5) is 1.71. The number of rotatable bonds is 2. The second-order valence-electron chi connectivity index (χ2n) is 3.88. The van der Waals surface area contributed by atoms with Gasteiger partial charge >= 0.3 is 0 Å². The number of nitrogens with zero attached hydrogens (tertiary/aromatic N) is 1. The third-order valence-corrected chi connectivity index (χ3v) is 3.37. The molecule has 1 aliphatic rings. The highest BCUT2D eigenvalue weighted by Crippen LogP contribution is 2.05. The summed E-state index contributed by atoms with van der Waals surface area (Å²) < 4.78 is 1.36. The van der Waals surface area contributed by atoms with Crippen molar-refractivity contribution in [3.05, 3.63) is 0 Å². The number of quaternary nitrogens is 2. The Morgan fingerprint density at radius 3 is 1.69 bits per heavy atom. The number of piperazine rings is 1. The first-order valence-electron chi connectivity index (χ1n) is 5.89. The van der Waals surface area contributed by atoms with Crippen LogP contribution in [0.4, 0.5) is 0 Å². The van der Waals surface area contributed by atoms with E-state index in [-0.39, 0.29) is 0 Å². The number of nitrogens with one attached hydrogen (secondary N) is 1. The fraction of sp³-hybridized carbons (Fsp3) is 1.00. The molecule has 1 aliphatic heterocycles. The summed E-state index contributed by atoms with van der Waals surface area (Å²) >= 11 is 0. The molecule has 0 bridgehead atoms. The first-order valence-corrected chi connectivity index (χ1v) is 5.89. The smallest absolute Gasteiger partial charge is 0.129 e. The Labute approximate surface area is 84.1 Å². The molecule has 0 unspecified atom stereocenters. The lowest BCUT2D eigenvalue weighted by Gasteiger charge is -2.40. The van der Waals surface area contributed by atoms with Gasteiger partial charge in [0.2, 0.25) is 0 Å². The van der Waals surface area contributed by atoms with Crippen molar-refractivity contribution in [2.75, 3.05) is 46.3 Å². The maximum Gasteiger partial charge on any atom is 0.129 e. The quantitative estimate of drug-likeness (QED) is 0.598. The Morgan fingerprint density at radius 1 is 1.00 bits per heavy atom. The minimum Gasteiger partial charge on any atom is -0.328 e. The first-order chi connectivity index (χ1) is 6.22. The summed E-state index contributed by atoms with van der Waals surface area (Å²) in [5, 5.41) is 0. The molecule has 0 aromatic heterocycles. The van der Waals surface area contributed by atoms with Crippen molar-refractivity contribution in [3.63, 3.8) is 0 Å². The van der Waals surface area contributed by atoms with Crippen LogP contribution in [0.5, 0.6) is 0 Å². The molecule has 0 saturated carbocycles. The van der Waals surface area contributed by atoms with Crippen LogP contribution in [-0.2, 0) is 0 Å². The molecule has 1 heterocycles. The van der Waals surface area contributed by atoms with Gasteiger partial charge in [0.05, 0.1) is 20.1 Å². The summed E-state index contributed by atoms with van der Waals surface area (Å²) in [6, 6.07) is 0. The van der Waals surface area contributed by atoms with Crippen molar-refractivity contribution in [2.45, 2.75) is 27.7 Å². The van der Waals surface area contributed by atoms with Gasteiger partial charge in [0.15, 0.2) is 0 Å². The second-order valence-corrected chi connectivity index (χ2v) is 3.88. The van der Waals surface area contributed by atoms with Gasteiger partial charge < -0.3 is 9.38 Å². The summed E-state index contributed by atoms with van der Waals surface area (Å²) in [7, 11) is 2.30. The van der Waals surface area contributed by atoms with Crippen molar-refractivity contribution >= 4 is 0 Å². The Bertz CT molecular complexity index is 109. The Hall–Kier alpha value is -0.0800. The van der Waals surface area contributed by atoms with Crippen LogP contribution >= 0.6 is 0 Å². The first kappa shape index (κ1) is 12.9. The third-order valence-electron chi connectivity index (χ3n) is 3.37. The van der Waals surface area contributed by atoms with E-state index in [0.717, 1.165) is 0 Å². The number of hydrogen-bond donors (Lipinski definition) is 1. The van der Waals surface area contributed by atoms with E-state index in [9.17, 15) is 0 Å². The zero-order valence-electron chi connectivity index (χ0n) is 10.2. The SMILES string of the molecule is CC.CC[N+]1(CC)CC[NH+](C)CC1. The zero-order valence-corrected chi connectivity index (χ0v) is 10.2. The summed E-state index contributed by atoms with van der Waals surface area (Å²) in [5.74, 6) is 0. The Kier molecular flexibility index (Phi) is 6.35. The Morgan fingerprint density at radius 2 is 1.38 bits per heavy atom. The topological polar surface area (TPSA) is 4.44 Å². The molecule has 0 spiro atoms. The van der Waals surface area contributed by atoms with E-state index in [0.29, 0.717) is 0 Å². The molecule has 0 amide bonds. The molecule has 2 heteroatoms. The lowest BCUT2D eigenvalue weighted by atomic mass is 10.2. The van der Waals surface area contributed by atoms with Gasteiger partial charge in [-0.25, -0.2) is 0 Å². The molecule has 1 fully saturated rings. The van der Waals surface area contributed by atoms with Crippen LogP contribution < -0.4 is 4.90 Å². The van der Waals surface area contributed by atoms with Gasteiger partial charge in [0, 0.05) is 0 Å². The van der Waals surface area contributed by atoms with Crippen molar-refractivity contribution in [3.8, 4) is 0 Å². The van der Waals surface area contributed by atoms with Crippen LogP contribution in [0.3, 0.4) is 0 Å². The van der Waals surface area contributed by atoms with Crippen LogP contribution in [0, 0.1) is 0 Å². The van der Waals surface area contributed by atoms with Crippen LogP contribution in [0.1, 0.15) is 27.7 Å². The highest BCUT2D eigenvalue weighted by Gasteiger charge is 2.29. The lowest BCUT2D eigenvalue weighted by molar-refractivity contribution is -1.01. The minimum absolute atomic E-state index is 1.32. The van der Waals surface area contributed by atoms with Gasteiger partial charge in [-0.05, 0) is 13.8 Å². The van der Waals surface area contributed by atoms with Crippen LogP contribution in [-0.4, -0.2) is 50.8 Å². The van der Waals surface area contributed by atoms with Gasteiger partial charge in [-0.3, -0.25) is 0 Å². The standard InChI is InChI=1S/C9H21N2.C2H6/c1-4-11(5-2)8-6-10(3)7-9-11;1-2/h4-9H2,1-3H3;1-2H3/q+1;/p+1. The van der Waals surface area contributed by atoms with E-state index in [2.05, 4.69) is 20.9 Å². The van der Waals surface area contributed by atoms with Crippen LogP contribution in [0.15, 0.2) is 0 Å². The molecule has 1 rings (SSSR count). The van der Waals surface area contributed by atoms with Crippen molar-refractivity contribution < 1.29 is 9.38 Å². The second kappa shape index (κ2) is 6.39. The zero-order chi connectivity index (χ0) is 10.3. The maximum absolute atomic E-state index is 2.32. The van der Waals surface area contributed by atoms with Crippen LogP contribution in [0.25, 0.3) is 0 Å². The molecule has 80 valence electrons. The van der Waals surface area contributed by atoms with Gasteiger partial charge in [-0.1, -0.05) is 13.8 Å². The van der Waals surface area contributed by atoms with Crippen LogP contribution in [0.2, 0.25) is 0 Å². The predicted octanol–water partition coefficient (Wildman–Crippen LogP) is 0.398. The summed E-state index contributed by atoms with van der Waals surface area (Å²) in [6.07, 6.45) is 0. The van der Waals surface area contributed by atoms with E-state index in [1.54, 1.807) is 4.90 Å². The molecular weight excluding hydrogens is 160 g/mol. The van der Waals surface area contributed by atoms with E-state index < -0.39 is 0 Å². The monoisotopic (exact) mass is 188 g/mol. The molecule has 1 N–H and O–H groups in total. The molecule has 0 radical (unpaired) electrons. The third kappa shape index (κ3) is 3.65. The highest BCUT2D eigenvalue weighted by atomic mass is 15.4. The number of hydrogen-bond acceptors (Lipinski definition) is 0. The fourth-order valence-corrected chi connectivity index (χ4v) is 1.95. The molecule has 0 atom stereocenters. The average molecular weight is 188 g/mol. The average Bonchev–Trinajstić information content (AvgIpc) is 2.23. The molecule has 0 aliphatic carbocycles. The van der Waals surface area contributed by atoms with E-state index >= 15 is 0 Å². The highest BCUT2D eigenvalue weighted by molar-refractivity contribution is 4.44. The molecule has 0 aromatic carbocycles. The van der Waals surface area contributed by atoms with E-state index in [1.807, 2.05) is 13.8 Å². The number of likely N-dealkylation sites (N-methyl/N-ethyl adjacent to an activating group) is 2. The summed E-state index contributed by atoms with van der Waals surface area (Å²) in [6.45, 7) is 16.8. The Balaban J connectivity index is 0.000000671. The fourth-order valence-electron chi connectivity index (χ4n) is 1.95. The molecular formula is C11H28N2+2. The molecule has 0 aromatic rings. The minimum atomic E-state index is 1.32.